The molecule has 0 bridgehead atoms. The van der Waals surface area contributed by atoms with Crippen molar-refractivity contribution in [1.82, 2.24) is 4.98 Å². The van der Waals surface area contributed by atoms with Crippen LogP contribution < -0.4 is 9.47 Å². The Labute approximate surface area is 178 Å². The predicted molar refractivity (Wildman–Crippen MR) is 110 cm³/mol. The first-order chi connectivity index (χ1) is 13.9. The Bertz CT molecular complexity index is 1080. The van der Waals surface area contributed by atoms with Crippen LogP contribution in [0.1, 0.15) is 10.6 Å². The van der Waals surface area contributed by atoms with Gasteiger partial charge >= 0.3 is 17.7 Å². The van der Waals surface area contributed by atoms with Crippen molar-refractivity contribution in [2.24, 2.45) is 0 Å². The molecular formula is C19H15NO6S3. The van der Waals surface area contributed by atoms with E-state index >= 15 is 0 Å². The van der Waals surface area contributed by atoms with E-state index in [1.54, 1.807) is 52.6 Å². The van der Waals surface area contributed by atoms with Gasteiger partial charge in [-0.25, -0.2) is 14.6 Å². The number of nitrogens with zero attached hydrogens (tertiary/aromatic N) is 1. The number of thioether (sulfide) groups is 1. The van der Waals surface area contributed by atoms with Gasteiger partial charge in [0.25, 0.3) is 0 Å². The number of carbonyl (C=O) groups excluding carboxylic acids is 1. The fourth-order valence-electron chi connectivity index (χ4n) is 2.68. The molecule has 29 heavy (non-hydrogen) atoms. The third-order valence-corrected chi connectivity index (χ3v) is 7.55. The number of ether oxygens (including phenoxy) is 3. The number of aryl methyl sites for hydroxylation is 1. The number of esters is 1. The summed E-state index contributed by atoms with van der Waals surface area (Å²) in [5, 5.41) is 12.4. The summed E-state index contributed by atoms with van der Waals surface area (Å²) in [7, 11) is 1.08. The van der Waals surface area contributed by atoms with Crippen LogP contribution in [0.25, 0.3) is 9.88 Å². The van der Waals surface area contributed by atoms with Crippen molar-refractivity contribution in [2.75, 3.05) is 7.11 Å². The Morgan fingerprint density at radius 2 is 2.07 bits per heavy atom. The molecule has 10 heteroatoms. The van der Waals surface area contributed by atoms with Crippen LogP contribution in [-0.4, -0.2) is 34.9 Å². The smallest absolute Gasteiger partial charge is 0.453 e. The van der Waals surface area contributed by atoms with E-state index in [2.05, 4.69) is 9.72 Å². The predicted octanol–water partition coefficient (Wildman–Crippen LogP) is 4.20. The van der Waals surface area contributed by atoms with Crippen LogP contribution >= 0.6 is 34.4 Å². The Balaban J connectivity index is 1.50. The summed E-state index contributed by atoms with van der Waals surface area (Å²) in [5.41, 5.74) is 0.988. The third-order valence-electron chi connectivity index (χ3n) is 4.15. The van der Waals surface area contributed by atoms with Gasteiger partial charge in [0.1, 0.15) is 5.01 Å². The van der Waals surface area contributed by atoms with Crippen LogP contribution in [0.5, 0.6) is 11.5 Å². The lowest BCUT2D eigenvalue weighted by atomic mass is 10.3. The molecular weight excluding hydrogens is 434 g/mol. The van der Waals surface area contributed by atoms with E-state index in [4.69, 9.17) is 9.47 Å². The number of aromatic nitrogens is 1. The fourth-order valence-corrected chi connectivity index (χ4v) is 5.61. The SMILES string of the molecule is COC(=O)C1(C(=O)O)Oc2ccc(SCc3sc(-c4cccs4)nc3C)cc2O1. The van der Waals surface area contributed by atoms with Crippen LogP contribution in [0.15, 0.2) is 40.6 Å². The molecule has 0 spiro atoms. The molecule has 1 atom stereocenters. The zero-order valence-corrected chi connectivity index (χ0v) is 17.8. The maximum absolute atomic E-state index is 11.9. The van der Waals surface area contributed by atoms with Crippen molar-refractivity contribution in [3.05, 3.63) is 46.3 Å². The molecule has 0 radical (unpaired) electrons. The number of carbonyl (C=O) groups is 2. The van der Waals surface area contributed by atoms with E-state index in [9.17, 15) is 14.7 Å². The Kier molecular flexibility index (Phi) is 5.24. The highest BCUT2D eigenvalue weighted by atomic mass is 32.2. The summed E-state index contributed by atoms with van der Waals surface area (Å²) in [6, 6.07) is 9.08. The van der Waals surface area contributed by atoms with Gasteiger partial charge in [0, 0.05) is 15.5 Å². The number of benzene rings is 1. The molecule has 0 fully saturated rings. The minimum Gasteiger partial charge on any atom is -0.475 e. The number of hydrogen-bond donors (Lipinski definition) is 1. The summed E-state index contributed by atoms with van der Waals surface area (Å²) >= 11 is 4.87. The van der Waals surface area contributed by atoms with Gasteiger partial charge in [-0.2, -0.15) is 0 Å². The Morgan fingerprint density at radius 1 is 1.28 bits per heavy atom. The van der Waals surface area contributed by atoms with Gasteiger partial charge in [-0.05, 0) is 36.6 Å². The summed E-state index contributed by atoms with van der Waals surface area (Å²) < 4.78 is 15.2. The topological polar surface area (TPSA) is 95.0 Å². The highest BCUT2D eigenvalue weighted by molar-refractivity contribution is 7.98. The lowest BCUT2D eigenvalue weighted by molar-refractivity contribution is -0.196. The molecule has 0 saturated carbocycles. The molecule has 0 saturated heterocycles. The van der Waals surface area contributed by atoms with E-state index in [-0.39, 0.29) is 11.5 Å². The molecule has 1 unspecified atom stereocenters. The van der Waals surface area contributed by atoms with E-state index in [1.807, 2.05) is 24.4 Å². The van der Waals surface area contributed by atoms with Crippen LogP contribution in [-0.2, 0) is 20.1 Å². The average Bonchev–Trinajstić information content (AvgIpc) is 3.43. The van der Waals surface area contributed by atoms with Gasteiger partial charge in [-0.3, -0.25) is 0 Å². The Morgan fingerprint density at radius 3 is 2.76 bits per heavy atom. The molecule has 3 heterocycles. The fraction of sp³-hybridized carbons (Fsp3) is 0.211. The van der Waals surface area contributed by atoms with E-state index in [1.165, 1.54) is 0 Å². The first kappa shape index (κ1) is 19.7. The Hall–Kier alpha value is -2.56. The number of carboxylic acids is 1. The molecule has 0 amide bonds. The number of fused-ring (bicyclic) bond motifs is 1. The van der Waals surface area contributed by atoms with Crippen molar-refractivity contribution >= 4 is 46.4 Å². The second-order valence-electron chi connectivity index (χ2n) is 6.02. The van der Waals surface area contributed by atoms with Gasteiger partial charge < -0.3 is 19.3 Å². The van der Waals surface area contributed by atoms with Gasteiger partial charge in [0.05, 0.1) is 17.7 Å². The minimum atomic E-state index is -2.51. The highest BCUT2D eigenvalue weighted by Crippen LogP contribution is 2.43. The number of thiazole rings is 1. The molecule has 4 rings (SSSR count). The van der Waals surface area contributed by atoms with Crippen molar-refractivity contribution in [1.29, 1.82) is 0 Å². The van der Waals surface area contributed by atoms with Gasteiger partial charge in [-0.15, -0.1) is 34.4 Å². The lowest BCUT2D eigenvalue weighted by Crippen LogP contribution is -2.54. The summed E-state index contributed by atoms with van der Waals surface area (Å²) in [6.07, 6.45) is 0. The molecule has 2 aromatic heterocycles. The summed E-state index contributed by atoms with van der Waals surface area (Å²) in [5.74, 6) is -4.15. The zero-order chi connectivity index (χ0) is 20.6. The number of thiophene rings is 1. The molecule has 1 aromatic carbocycles. The minimum absolute atomic E-state index is 0.177. The molecule has 0 aliphatic carbocycles. The summed E-state index contributed by atoms with van der Waals surface area (Å²) in [6.45, 7) is 1.99. The van der Waals surface area contributed by atoms with Gasteiger partial charge in [0.15, 0.2) is 11.5 Å². The lowest BCUT2D eigenvalue weighted by Gasteiger charge is -2.19. The van der Waals surface area contributed by atoms with E-state index in [0.717, 1.165) is 32.5 Å². The maximum atomic E-state index is 11.9. The molecule has 150 valence electrons. The monoisotopic (exact) mass is 449 g/mol. The van der Waals surface area contributed by atoms with E-state index < -0.39 is 17.7 Å². The van der Waals surface area contributed by atoms with Crippen LogP contribution in [0.2, 0.25) is 0 Å². The van der Waals surface area contributed by atoms with Crippen molar-refractivity contribution in [3.63, 3.8) is 0 Å². The standard InChI is InChI=1S/C19H15NO6S3/c1-10-15(29-16(20-10)14-4-3-7-27-14)9-28-11-5-6-12-13(8-11)26-19(25-12,17(21)22)18(23)24-2/h3-8H,9H2,1-2H3,(H,21,22). The van der Waals surface area contributed by atoms with Crippen LogP contribution in [0.4, 0.5) is 0 Å². The van der Waals surface area contributed by atoms with Crippen molar-refractivity contribution in [3.8, 4) is 21.4 Å². The van der Waals surface area contributed by atoms with Gasteiger partial charge in [-0.1, -0.05) is 6.07 Å². The second kappa shape index (κ2) is 7.69. The largest absolute Gasteiger partial charge is 0.475 e. The number of hydrogen-bond acceptors (Lipinski definition) is 9. The number of aliphatic carboxylic acids is 1. The first-order valence-corrected chi connectivity index (χ1v) is 11.1. The number of methoxy groups -OCH3 is 1. The molecule has 1 aliphatic heterocycles. The van der Waals surface area contributed by atoms with Crippen molar-refractivity contribution in [2.45, 2.75) is 23.4 Å². The maximum Gasteiger partial charge on any atom is 0.453 e. The van der Waals surface area contributed by atoms with Crippen LogP contribution in [0, 0.1) is 6.92 Å². The third kappa shape index (κ3) is 3.59. The molecule has 3 aromatic rings. The van der Waals surface area contributed by atoms with Gasteiger partial charge in [0.2, 0.25) is 0 Å². The zero-order valence-electron chi connectivity index (χ0n) is 15.3. The normalized spacial score (nSPS) is 17.3. The number of carboxylic acid groups (broad SMARTS) is 1. The van der Waals surface area contributed by atoms with Crippen molar-refractivity contribution < 1.29 is 28.9 Å². The average molecular weight is 450 g/mol. The molecule has 1 N–H and O–H groups in total. The summed E-state index contributed by atoms with van der Waals surface area (Å²) in [4.78, 5) is 31.3. The molecule has 1 aliphatic rings. The van der Waals surface area contributed by atoms with Crippen LogP contribution in [0.3, 0.4) is 0 Å². The second-order valence-corrected chi connectivity index (χ2v) is 9.10. The number of rotatable bonds is 6. The highest BCUT2D eigenvalue weighted by Gasteiger charge is 2.58. The molecule has 7 nitrogen and oxygen atoms in total. The quantitative estimate of drug-likeness (QED) is 0.340. The first-order valence-electron chi connectivity index (χ1n) is 8.40. The van der Waals surface area contributed by atoms with E-state index in [0.29, 0.717) is 5.75 Å².